The molecular weight excluding hydrogens is 431 g/mol. The number of anilines is 1. The van der Waals surface area contributed by atoms with Crippen molar-refractivity contribution < 1.29 is 22.3 Å². The maximum Gasteiger partial charge on any atom is 0.418 e. The number of piperazine rings is 1. The first-order valence-corrected chi connectivity index (χ1v) is 10.7. The lowest BCUT2D eigenvalue weighted by molar-refractivity contribution is -0.220. The Morgan fingerprint density at radius 2 is 2.10 bits per heavy atom. The van der Waals surface area contributed by atoms with Gasteiger partial charge in [0, 0.05) is 36.8 Å². The van der Waals surface area contributed by atoms with Gasteiger partial charge < -0.3 is 19.4 Å². The van der Waals surface area contributed by atoms with Gasteiger partial charge in [-0.05, 0) is 30.5 Å². The third kappa shape index (κ3) is 3.86. The summed E-state index contributed by atoms with van der Waals surface area (Å²) in [6, 6.07) is 5.40. The molecule has 5 rings (SSSR count). The molecule has 2 fully saturated rings. The van der Waals surface area contributed by atoms with Crippen LogP contribution in [-0.2, 0) is 4.74 Å². The number of aromatic nitrogens is 2. The number of benzene rings is 1. The fourth-order valence-electron chi connectivity index (χ4n) is 4.30. The first kappa shape index (κ1) is 20.2. The van der Waals surface area contributed by atoms with Crippen LogP contribution in [0.2, 0.25) is 0 Å². The van der Waals surface area contributed by atoms with Crippen LogP contribution >= 0.6 is 11.3 Å². The molecule has 0 saturated carbocycles. The number of ether oxygens (including phenoxy) is 1. The molecule has 2 aliphatic rings. The molecule has 7 nitrogen and oxygen atoms in total. The Kier molecular flexibility index (Phi) is 5.08. The van der Waals surface area contributed by atoms with Crippen LogP contribution in [0.1, 0.15) is 24.5 Å². The second-order valence-corrected chi connectivity index (χ2v) is 8.58. The monoisotopic (exact) mass is 449 g/mol. The van der Waals surface area contributed by atoms with Crippen LogP contribution in [0.15, 0.2) is 28.1 Å². The molecule has 3 unspecified atom stereocenters. The van der Waals surface area contributed by atoms with Crippen molar-refractivity contribution in [3.63, 3.8) is 0 Å². The molecule has 1 aromatic carbocycles. The summed E-state index contributed by atoms with van der Waals surface area (Å²) in [5, 5.41) is 14.5. The Hall–Kier alpha value is -2.68. The third-order valence-electron chi connectivity index (χ3n) is 5.57. The molecule has 0 amide bonds. The van der Waals surface area contributed by atoms with E-state index in [4.69, 9.17) is 14.4 Å². The predicted molar refractivity (Wildman–Crippen MR) is 108 cm³/mol. The van der Waals surface area contributed by atoms with Gasteiger partial charge in [-0.2, -0.15) is 23.4 Å². The molecule has 0 radical (unpaired) electrons. The normalized spacial score (nSPS) is 22.1. The number of fused-ring (bicyclic) bond motifs is 3. The van der Waals surface area contributed by atoms with E-state index in [1.807, 2.05) is 4.90 Å². The number of nitriles is 1. The number of rotatable bonds is 5. The number of hydrogen-bond acceptors (Lipinski definition) is 8. The van der Waals surface area contributed by atoms with Gasteiger partial charge in [-0.3, -0.25) is 0 Å². The average molecular weight is 449 g/mol. The van der Waals surface area contributed by atoms with Gasteiger partial charge >= 0.3 is 6.18 Å². The standard InChI is InChI=1S/C20H18F3N5O2S/c21-20(22,23)17(29-5-3-24)11-7-14(18-25-4-6-31-18)16-15(8-11)27-19(30-16)28-9-12-1-2-13(10-28)26-12/h4,6-8,12-13,17,26H,1-2,5,9-10H2. The summed E-state index contributed by atoms with van der Waals surface area (Å²) in [6.07, 6.45) is -3.18. The molecule has 2 aromatic heterocycles. The molecule has 2 saturated heterocycles. The van der Waals surface area contributed by atoms with E-state index in [0.29, 0.717) is 39.8 Å². The molecule has 2 aliphatic heterocycles. The van der Waals surface area contributed by atoms with Crippen molar-refractivity contribution >= 4 is 28.5 Å². The van der Waals surface area contributed by atoms with Gasteiger partial charge in [-0.15, -0.1) is 11.3 Å². The van der Waals surface area contributed by atoms with E-state index in [9.17, 15) is 13.2 Å². The lowest BCUT2D eigenvalue weighted by atomic mass is 10.0. The molecule has 31 heavy (non-hydrogen) atoms. The Bertz CT molecular complexity index is 1110. The zero-order valence-electron chi connectivity index (χ0n) is 16.2. The average Bonchev–Trinajstić information content (AvgIpc) is 3.46. The van der Waals surface area contributed by atoms with Gasteiger partial charge in [0.05, 0.1) is 11.6 Å². The molecule has 2 bridgehead atoms. The van der Waals surface area contributed by atoms with Crippen molar-refractivity contribution in [2.24, 2.45) is 0 Å². The highest BCUT2D eigenvalue weighted by atomic mass is 32.1. The molecule has 162 valence electrons. The number of alkyl halides is 3. The molecule has 11 heteroatoms. The first-order valence-electron chi connectivity index (χ1n) is 9.83. The zero-order chi connectivity index (χ0) is 21.6. The van der Waals surface area contributed by atoms with Crippen molar-refractivity contribution in [2.75, 3.05) is 24.6 Å². The van der Waals surface area contributed by atoms with E-state index in [1.165, 1.54) is 23.5 Å². The topological polar surface area (TPSA) is 87.2 Å². The zero-order valence-corrected chi connectivity index (χ0v) is 17.0. The van der Waals surface area contributed by atoms with E-state index < -0.39 is 18.9 Å². The largest absolute Gasteiger partial charge is 0.423 e. The Morgan fingerprint density at radius 1 is 1.32 bits per heavy atom. The molecule has 4 heterocycles. The fourth-order valence-corrected chi connectivity index (χ4v) is 4.95. The minimum Gasteiger partial charge on any atom is -0.423 e. The smallest absolute Gasteiger partial charge is 0.418 e. The van der Waals surface area contributed by atoms with Crippen LogP contribution in [0.5, 0.6) is 0 Å². The number of thiazole rings is 1. The van der Waals surface area contributed by atoms with Gasteiger partial charge in [-0.25, -0.2) is 4.98 Å². The van der Waals surface area contributed by atoms with Gasteiger partial charge in [0.15, 0.2) is 11.7 Å². The Morgan fingerprint density at radius 3 is 2.74 bits per heavy atom. The predicted octanol–water partition coefficient (Wildman–Crippen LogP) is 4.04. The van der Waals surface area contributed by atoms with Crippen molar-refractivity contribution in [1.82, 2.24) is 15.3 Å². The van der Waals surface area contributed by atoms with Gasteiger partial charge in [0.1, 0.15) is 17.1 Å². The second kappa shape index (κ2) is 7.78. The SMILES string of the molecule is N#CCOC(c1cc(-c2nccs2)c2oc(N3CC4CCC(C3)N4)nc2c1)C(F)(F)F. The lowest BCUT2D eigenvalue weighted by Crippen LogP contribution is -2.51. The maximum absolute atomic E-state index is 13.7. The molecule has 1 N–H and O–H groups in total. The van der Waals surface area contributed by atoms with Crippen molar-refractivity contribution in [3.8, 4) is 16.6 Å². The fraction of sp³-hybridized carbons (Fsp3) is 0.450. The van der Waals surface area contributed by atoms with Crippen molar-refractivity contribution in [1.29, 1.82) is 5.26 Å². The van der Waals surface area contributed by atoms with Crippen LogP contribution in [-0.4, -0.2) is 47.9 Å². The highest BCUT2D eigenvalue weighted by Crippen LogP contribution is 2.41. The Labute approximate surface area is 179 Å². The summed E-state index contributed by atoms with van der Waals surface area (Å²) in [5.41, 5.74) is 0.981. The van der Waals surface area contributed by atoms with Gasteiger partial charge in [0.25, 0.3) is 6.01 Å². The van der Waals surface area contributed by atoms with Crippen LogP contribution in [0.4, 0.5) is 19.2 Å². The van der Waals surface area contributed by atoms with E-state index >= 15 is 0 Å². The summed E-state index contributed by atoms with van der Waals surface area (Å²) >= 11 is 1.30. The summed E-state index contributed by atoms with van der Waals surface area (Å²) in [6.45, 7) is 0.793. The summed E-state index contributed by atoms with van der Waals surface area (Å²) in [4.78, 5) is 10.8. The summed E-state index contributed by atoms with van der Waals surface area (Å²) < 4.78 is 52.0. The number of nitrogens with zero attached hydrogens (tertiary/aromatic N) is 4. The Balaban J connectivity index is 1.61. The summed E-state index contributed by atoms with van der Waals surface area (Å²) in [5.74, 6) is 0. The van der Waals surface area contributed by atoms with E-state index in [-0.39, 0.29) is 5.56 Å². The minimum absolute atomic E-state index is 0.138. The molecule has 3 atom stereocenters. The first-order chi connectivity index (χ1) is 14.9. The molecule has 0 spiro atoms. The van der Waals surface area contributed by atoms with Crippen LogP contribution in [0.3, 0.4) is 0 Å². The molecular formula is C20H18F3N5O2S. The van der Waals surface area contributed by atoms with Crippen LogP contribution in [0.25, 0.3) is 21.7 Å². The highest BCUT2D eigenvalue weighted by Gasteiger charge is 2.43. The number of hydrogen-bond donors (Lipinski definition) is 1. The third-order valence-corrected chi connectivity index (χ3v) is 6.37. The van der Waals surface area contributed by atoms with Gasteiger partial charge in [0.2, 0.25) is 0 Å². The lowest BCUT2D eigenvalue weighted by Gasteiger charge is -2.31. The van der Waals surface area contributed by atoms with Crippen molar-refractivity contribution in [3.05, 3.63) is 29.3 Å². The maximum atomic E-state index is 13.7. The minimum atomic E-state index is -4.69. The van der Waals surface area contributed by atoms with Crippen LogP contribution in [0, 0.1) is 11.3 Å². The number of oxazole rings is 1. The van der Waals surface area contributed by atoms with Gasteiger partial charge in [-0.1, -0.05) is 0 Å². The van der Waals surface area contributed by atoms with E-state index in [1.54, 1.807) is 17.6 Å². The van der Waals surface area contributed by atoms with E-state index in [2.05, 4.69) is 15.3 Å². The summed E-state index contributed by atoms with van der Waals surface area (Å²) in [7, 11) is 0. The molecule has 3 aromatic rings. The number of nitrogens with one attached hydrogen (secondary N) is 1. The van der Waals surface area contributed by atoms with E-state index in [0.717, 1.165) is 25.9 Å². The highest BCUT2D eigenvalue weighted by molar-refractivity contribution is 7.13. The van der Waals surface area contributed by atoms with Crippen LogP contribution < -0.4 is 10.2 Å². The second-order valence-electron chi connectivity index (χ2n) is 7.68. The molecule has 0 aliphatic carbocycles. The number of halogens is 3. The van der Waals surface area contributed by atoms with Crippen molar-refractivity contribution in [2.45, 2.75) is 37.2 Å². The quantitative estimate of drug-likeness (QED) is 0.629.